The van der Waals surface area contributed by atoms with Gasteiger partial charge in [-0.25, -0.2) is 13.6 Å². The van der Waals surface area contributed by atoms with Crippen LogP contribution in [0.3, 0.4) is 0 Å². The van der Waals surface area contributed by atoms with Crippen molar-refractivity contribution in [2.24, 2.45) is 0 Å². The molecule has 0 heterocycles. The van der Waals surface area contributed by atoms with E-state index in [1.165, 1.54) is 38.5 Å². The van der Waals surface area contributed by atoms with Crippen molar-refractivity contribution in [3.05, 3.63) is 77.9 Å². The van der Waals surface area contributed by atoms with Gasteiger partial charge in [0, 0.05) is 5.56 Å². The van der Waals surface area contributed by atoms with Gasteiger partial charge in [-0.15, -0.1) is 0 Å². The molecule has 0 atom stereocenters. The Hall–Kier alpha value is -3.21. The Labute approximate surface area is 149 Å². The van der Waals surface area contributed by atoms with Crippen molar-refractivity contribution in [2.75, 3.05) is 14.2 Å². The molecule has 0 aliphatic rings. The molecule has 0 amide bonds. The van der Waals surface area contributed by atoms with Gasteiger partial charge in [0.25, 0.3) is 0 Å². The fourth-order valence-corrected chi connectivity index (χ4v) is 2.76. The minimum atomic E-state index is -0.561. The number of esters is 1. The van der Waals surface area contributed by atoms with Gasteiger partial charge in [-0.2, -0.15) is 0 Å². The van der Waals surface area contributed by atoms with Crippen LogP contribution < -0.4 is 4.74 Å². The van der Waals surface area contributed by atoms with Crippen molar-refractivity contribution in [1.82, 2.24) is 0 Å². The van der Waals surface area contributed by atoms with Gasteiger partial charge in [-0.3, -0.25) is 0 Å². The Morgan fingerprint density at radius 1 is 0.769 bits per heavy atom. The summed E-state index contributed by atoms with van der Waals surface area (Å²) in [4.78, 5) is 12.2. The van der Waals surface area contributed by atoms with E-state index in [0.29, 0.717) is 22.4 Å². The van der Waals surface area contributed by atoms with E-state index in [-0.39, 0.29) is 17.2 Å². The Kier molecular flexibility index (Phi) is 4.98. The number of carbonyl (C=O) groups excluding carboxylic acids is 1. The Bertz CT molecular complexity index is 933. The third kappa shape index (κ3) is 3.42. The lowest BCUT2D eigenvalue weighted by atomic mass is 9.94. The summed E-state index contributed by atoms with van der Waals surface area (Å²) >= 11 is 0. The summed E-state index contributed by atoms with van der Waals surface area (Å²) in [5.74, 6) is -0.951. The highest BCUT2D eigenvalue weighted by molar-refractivity contribution is 5.98. The molecular formula is C21H16F2O3. The van der Waals surface area contributed by atoms with Gasteiger partial charge in [0.15, 0.2) is 0 Å². The summed E-state index contributed by atoms with van der Waals surface area (Å²) < 4.78 is 36.8. The molecule has 5 heteroatoms. The molecule has 3 aromatic rings. The van der Waals surface area contributed by atoms with E-state index in [9.17, 15) is 13.6 Å². The predicted octanol–water partition coefficient (Wildman–Crippen LogP) is 5.09. The Morgan fingerprint density at radius 3 is 1.81 bits per heavy atom. The van der Waals surface area contributed by atoms with Gasteiger partial charge in [-0.1, -0.05) is 24.3 Å². The minimum Gasteiger partial charge on any atom is -0.495 e. The lowest BCUT2D eigenvalue weighted by Crippen LogP contribution is -2.06. The van der Waals surface area contributed by atoms with E-state index in [1.54, 1.807) is 30.3 Å². The highest BCUT2D eigenvalue weighted by Crippen LogP contribution is 2.38. The fourth-order valence-electron chi connectivity index (χ4n) is 2.76. The van der Waals surface area contributed by atoms with Crippen LogP contribution in [0.4, 0.5) is 8.78 Å². The maximum absolute atomic E-state index is 13.3. The number of benzene rings is 3. The van der Waals surface area contributed by atoms with Crippen molar-refractivity contribution in [2.45, 2.75) is 0 Å². The summed E-state index contributed by atoms with van der Waals surface area (Å²) in [6, 6.07) is 15.2. The van der Waals surface area contributed by atoms with E-state index in [4.69, 9.17) is 9.47 Å². The number of ether oxygens (including phenoxy) is 2. The van der Waals surface area contributed by atoms with Gasteiger partial charge in [-0.05, 0) is 53.1 Å². The number of hydrogen-bond acceptors (Lipinski definition) is 3. The van der Waals surface area contributed by atoms with Gasteiger partial charge in [0.05, 0.1) is 14.2 Å². The van der Waals surface area contributed by atoms with Crippen LogP contribution in [-0.4, -0.2) is 20.2 Å². The van der Waals surface area contributed by atoms with Gasteiger partial charge < -0.3 is 9.47 Å². The maximum atomic E-state index is 13.3. The number of hydrogen-bond donors (Lipinski definition) is 0. The molecule has 0 aliphatic carbocycles. The smallest absolute Gasteiger partial charge is 0.341 e. The zero-order valence-corrected chi connectivity index (χ0v) is 14.3. The third-order valence-electron chi connectivity index (χ3n) is 4.03. The topological polar surface area (TPSA) is 35.5 Å². The molecule has 0 aliphatic heterocycles. The molecular weight excluding hydrogens is 338 g/mol. The van der Waals surface area contributed by atoms with E-state index in [0.717, 1.165) is 5.56 Å². The average molecular weight is 354 g/mol. The first-order valence-corrected chi connectivity index (χ1v) is 7.85. The van der Waals surface area contributed by atoms with Gasteiger partial charge in [0.1, 0.15) is 22.9 Å². The largest absolute Gasteiger partial charge is 0.495 e. The summed E-state index contributed by atoms with van der Waals surface area (Å²) in [7, 11) is 2.73. The lowest BCUT2D eigenvalue weighted by molar-refractivity contribution is 0.0597. The number of carbonyl (C=O) groups is 1. The first-order valence-electron chi connectivity index (χ1n) is 7.85. The zero-order chi connectivity index (χ0) is 18.7. The molecule has 0 saturated heterocycles. The standard InChI is InChI=1S/C21H16F2O3/c1-25-20-18(14-5-9-17(23)10-6-14)11-15(12-19(20)21(24)26-2)13-3-7-16(22)8-4-13/h3-12H,1-2H3. The second-order valence-corrected chi connectivity index (χ2v) is 5.61. The molecule has 0 fully saturated rings. The van der Waals surface area contributed by atoms with E-state index in [2.05, 4.69) is 0 Å². The van der Waals surface area contributed by atoms with Gasteiger partial charge in [0.2, 0.25) is 0 Å². The first kappa shape index (κ1) is 17.6. The van der Waals surface area contributed by atoms with Crippen molar-refractivity contribution >= 4 is 5.97 Å². The van der Waals surface area contributed by atoms with Gasteiger partial charge >= 0.3 is 5.97 Å². The second kappa shape index (κ2) is 7.35. The first-order chi connectivity index (χ1) is 12.5. The van der Waals surface area contributed by atoms with Crippen LogP contribution in [0, 0.1) is 11.6 Å². The number of rotatable bonds is 4. The van der Waals surface area contributed by atoms with Crippen molar-refractivity contribution in [1.29, 1.82) is 0 Å². The highest BCUT2D eigenvalue weighted by Gasteiger charge is 2.20. The van der Waals surface area contributed by atoms with E-state index >= 15 is 0 Å². The van der Waals surface area contributed by atoms with Crippen molar-refractivity contribution < 1.29 is 23.0 Å². The zero-order valence-electron chi connectivity index (χ0n) is 14.3. The molecule has 0 spiro atoms. The summed E-state index contributed by atoms with van der Waals surface area (Å²) in [5, 5.41) is 0. The average Bonchev–Trinajstić information content (AvgIpc) is 2.67. The number of methoxy groups -OCH3 is 2. The van der Waals surface area contributed by atoms with Crippen LogP contribution in [-0.2, 0) is 4.74 Å². The molecule has 3 aromatic carbocycles. The summed E-state index contributed by atoms with van der Waals surface area (Å²) in [6.07, 6.45) is 0. The SMILES string of the molecule is COC(=O)c1cc(-c2ccc(F)cc2)cc(-c2ccc(F)cc2)c1OC. The number of halogens is 2. The molecule has 3 rings (SSSR count). The van der Waals surface area contributed by atoms with Crippen LogP contribution in [0.15, 0.2) is 60.7 Å². The van der Waals surface area contributed by atoms with Crippen LogP contribution >= 0.6 is 0 Å². The van der Waals surface area contributed by atoms with E-state index < -0.39 is 5.97 Å². The van der Waals surface area contributed by atoms with Crippen LogP contribution in [0.5, 0.6) is 5.75 Å². The molecule has 0 saturated carbocycles. The van der Waals surface area contributed by atoms with Crippen molar-refractivity contribution in [3.63, 3.8) is 0 Å². The maximum Gasteiger partial charge on any atom is 0.341 e. The fraction of sp³-hybridized carbons (Fsp3) is 0.0952. The minimum absolute atomic E-state index is 0.233. The molecule has 0 N–H and O–H groups in total. The van der Waals surface area contributed by atoms with Crippen LogP contribution in [0.2, 0.25) is 0 Å². The normalized spacial score (nSPS) is 10.5. The van der Waals surface area contributed by atoms with Crippen LogP contribution in [0.1, 0.15) is 10.4 Å². The van der Waals surface area contributed by atoms with Crippen molar-refractivity contribution in [3.8, 4) is 28.0 Å². The Balaban J connectivity index is 2.26. The molecule has 132 valence electrons. The Morgan fingerprint density at radius 2 is 1.31 bits per heavy atom. The lowest BCUT2D eigenvalue weighted by Gasteiger charge is -2.15. The quantitative estimate of drug-likeness (QED) is 0.612. The summed E-state index contributed by atoms with van der Waals surface area (Å²) in [5.41, 5.74) is 2.93. The molecule has 3 nitrogen and oxygen atoms in total. The molecule has 0 radical (unpaired) electrons. The molecule has 26 heavy (non-hydrogen) atoms. The predicted molar refractivity (Wildman–Crippen MR) is 95.1 cm³/mol. The second-order valence-electron chi connectivity index (χ2n) is 5.61. The summed E-state index contributed by atoms with van der Waals surface area (Å²) in [6.45, 7) is 0. The van der Waals surface area contributed by atoms with Crippen LogP contribution in [0.25, 0.3) is 22.3 Å². The highest BCUT2D eigenvalue weighted by atomic mass is 19.1. The van der Waals surface area contributed by atoms with E-state index in [1.807, 2.05) is 6.07 Å². The molecule has 0 bridgehead atoms. The monoisotopic (exact) mass is 354 g/mol. The third-order valence-corrected chi connectivity index (χ3v) is 4.03. The molecule has 0 aromatic heterocycles. The molecule has 0 unspecified atom stereocenters.